The van der Waals surface area contributed by atoms with Crippen LogP contribution < -0.4 is 5.32 Å². The average molecular weight is 336 g/mol. The van der Waals surface area contributed by atoms with Crippen LogP contribution in [0.3, 0.4) is 0 Å². The first-order chi connectivity index (χ1) is 10.8. The molecule has 1 saturated carbocycles. The quantitative estimate of drug-likeness (QED) is 0.658. The molecule has 1 amide bonds. The first-order valence-corrected chi connectivity index (χ1v) is 7.67. The maximum absolute atomic E-state index is 12.1. The van der Waals surface area contributed by atoms with Gasteiger partial charge in [0.2, 0.25) is 0 Å². The van der Waals surface area contributed by atoms with Crippen molar-refractivity contribution in [3.05, 3.63) is 28.0 Å². The molecule has 23 heavy (non-hydrogen) atoms. The molecule has 0 spiro atoms. The van der Waals surface area contributed by atoms with E-state index in [2.05, 4.69) is 16.4 Å². The van der Waals surface area contributed by atoms with Crippen molar-refractivity contribution >= 4 is 23.5 Å². The summed E-state index contributed by atoms with van der Waals surface area (Å²) >= 11 is 5.97. The van der Waals surface area contributed by atoms with Gasteiger partial charge < -0.3 is 10.1 Å². The average Bonchev–Trinajstić information content (AvgIpc) is 3.28. The van der Waals surface area contributed by atoms with Crippen LogP contribution in [0.5, 0.6) is 0 Å². The maximum atomic E-state index is 12.1. The number of carbonyl (C=O) groups excluding carboxylic acids is 2. The fourth-order valence-corrected chi connectivity index (χ4v) is 2.81. The molecule has 122 valence electrons. The summed E-state index contributed by atoms with van der Waals surface area (Å²) in [5, 5.41) is 11.9. The van der Waals surface area contributed by atoms with Crippen LogP contribution in [0, 0.1) is 31.1 Å². The van der Waals surface area contributed by atoms with E-state index in [9.17, 15) is 14.9 Å². The van der Waals surface area contributed by atoms with Crippen LogP contribution in [0.1, 0.15) is 41.4 Å². The van der Waals surface area contributed by atoms with E-state index in [4.69, 9.17) is 16.3 Å². The number of pyridine rings is 1. The molecule has 0 bridgehead atoms. The molecule has 0 aromatic carbocycles. The number of halogens is 1. The van der Waals surface area contributed by atoms with Crippen LogP contribution in [0.15, 0.2) is 6.07 Å². The highest BCUT2D eigenvalue weighted by Gasteiger charge is 2.43. The van der Waals surface area contributed by atoms with E-state index >= 15 is 0 Å². The monoisotopic (exact) mass is 335 g/mol. The first-order valence-electron chi connectivity index (χ1n) is 7.30. The van der Waals surface area contributed by atoms with Crippen molar-refractivity contribution in [2.24, 2.45) is 5.92 Å². The third kappa shape index (κ3) is 3.99. The zero-order chi connectivity index (χ0) is 17.2. The zero-order valence-corrected chi connectivity index (χ0v) is 14.0. The fraction of sp³-hybridized carbons (Fsp3) is 0.500. The van der Waals surface area contributed by atoms with E-state index in [1.807, 2.05) is 0 Å². The topological polar surface area (TPSA) is 92.1 Å². The number of hydrogen-bond donors (Lipinski definition) is 1. The van der Waals surface area contributed by atoms with Gasteiger partial charge in [-0.05, 0) is 51.2 Å². The molecule has 1 heterocycles. The van der Waals surface area contributed by atoms with Crippen molar-refractivity contribution in [1.82, 2.24) is 10.3 Å². The molecule has 6 nitrogen and oxygen atoms in total. The lowest BCUT2D eigenvalue weighted by Gasteiger charge is -2.22. The molecule has 0 unspecified atom stereocenters. The summed E-state index contributed by atoms with van der Waals surface area (Å²) in [6, 6.07) is 3.82. The van der Waals surface area contributed by atoms with E-state index in [0.717, 1.165) is 12.8 Å². The minimum Gasteiger partial charge on any atom is -0.452 e. The van der Waals surface area contributed by atoms with Gasteiger partial charge in [0.15, 0.2) is 6.61 Å². The Balaban J connectivity index is 1.97. The second-order valence-corrected chi connectivity index (χ2v) is 6.32. The molecule has 1 fully saturated rings. The standard InChI is InChI=1S/C16H18ClN3O3/c1-9-6-10(2)19-14(17)13(9)15(22)23-7-12(21)20-16(3,8-18)11-4-5-11/h6,11H,4-5,7H2,1-3H3,(H,20,21)/t16-/m0/s1. The number of carbonyl (C=O) groups is 2. The summed E-state index contributed by atoms with van der Waals surface area (Å²) in [5.41, 5.74) is 0.557. The van der Waals surface area contributed by atoms with Gasteiger partial charge in [-0.15, -0.1) is 0 Å². The van der Waals surface area contributed by atoms with Gasteiger partial charge in [-0.25, -0.2) is 9.78 Å². The smallest absolute Gasteiger partial charge is 0.342 e. The molecule has 1 aliphatic carbocycles. The molecule has 0 aliphatic heterocycles. The molecule has 0 radical (unpaired) electrons. The SMILES string of the molecule is Cc1cc(C)c(C(=O)OCC(=O)N[C@@](C)(C#N)C2CC2)c(Cl)n1. The van der Waals surface area contributed by atoms with Gasteiger partial charge in [0, 0.05) is 5.69 Å². The number of aromatic nitrogens is 1. The summed E-state index contributed by atoms with van der Waals surface area (Å²) in [6.45, 7) is 4.70. The van der Waals surface area contributed by atoms with E-state index in [-0.39, 0.29) is 16.6 Å². The first kappa shape index (κ1) is 17.2. The third-order valence-corrected chi connectivity index (χ3v) is 4.14. The molecule has 1 aromatic heterocycles. The fourth-order valence-electron chi connectivity index (χ4n) is 2.45. The van der Waals surface area contributed by atoms with Crippen LogP contribution in [0.2, 0.25) is 5.15 Å². The predicted octanol–water partition coefficient (Wildman–Crippen LogP) is 2.32. The van der Waals surface area contributed by atoms with E-state index in [0.29, 0.717) is 11.3 Å². The van der Waals surface area contributed by atoms with E-state index in [1.54, 1.807) is 26.8 Å². The van der Waals surface area contributed by atoms with Crippen molar-refractivity contribution in [1.29, 1.82) is 5.26 Å². The van der Waals surface area contributed by atoms with Gasteiger partial charge in [0.25, 0.3) is 5.91 Å². The van der Waals surface area contributed by atoms with Gasteiger partial charge in [-0.1, -0.05) is 11.6 Å². The highest BCUT2D eigenvalue weighted by molar-refractivity contribution is 6.32. The number of esters is 1. The molecule has 0 saturated heterocycles. The minimum atomic E-state index is -0.914. The van der Waals surface area contributed by atoms with Crippen molar-refractivity contribution in [3.63, 3.8) is 0 Å². The van der Waals surface area contributed by atoms with Gasteiger partial charge in [0.1, 0.15) is 10.7 Å². The molecule has 2 rings (SSSR count). The van der Waals surface area contributed by atoms with Crippen LogP contribution in [-0.4, -0.2) is 29.0 Å². The van der Waals surface area contributed by atoms with Crippen LogP contribution in [0.4, 0.5) is 0 Å². The highest BCUT2D eigenvalue weighted by Crippen LogP contribution is 2.39. The number of aryl methyl sites for hydroxylation is 2. The Morgan fingerprint density at radius 1 is 1.52 bits per heavy atom. The summed E-state index contributed by atoms with van der Waals surface area (Å²) in [4.78, 5) is 28.0. The van der Waals surface area contributed by atoms with Gasteiger partial charge in [0.05, 0.1) is 11.6 Å². The second kappa shape index (κ2) is 6.55. The van der Waals surface area contributed by atoms with E-state index < -0.39 is 24.0 Å². The molecule has 1 N–H and O–H groups in total. The summed E-state index contributed by atoms with van der Waals surface area (Å²) < 4.78 is 5.00. The molecule has 1 aromatic rings. The van der Waals surface area contributed by atoms with Gasteiger partial charge in [-0.2, -0.15) is 5.26 Å². The minimum absolute atomic E-state index is 0.0488. The lowest BCUT2D eigenvalue weighted by atomic mass is 9.98. The lowest BCUT2D eigenvalue weighted by Crippen LogP contribution is -2.48. The Labute approximate surface area is 139 Å². The Kier molecular flexibility index (Phi) is 4.90. The Morgan fingerprint density at radius 2 is 2.17 bits per heavy atom. The molecule has 1 atom stereocenters. The number of nitrogens with one attached hydrogen (secondary N) is 1. The largest absolute Gasteiger partial charge is 0.452 e. The lowest BCUT2D eigenvalue weighted by molar-refractivity contribution is -0.125. The normalized spacial score (nSPS) is 16.1. The summed E-state index contributed by atoms with van der Waals surface area (Å²) in [5.74, 6) is -1.06. The third-order valence-electron chi connectivity index (χ3n) is 3.86. The van der Waals surface area contributed by atoms with Crippen LogP contribution in [-0.2, 0) is 9.53 Å². The summed E-state index contributed by atoms with van der Waals surface area (Å²) in [6.07, 6.45) is 1.82. The molecule has 1 aliphatic rings. The predicted molar refractivity (Wildman–Crippen MR) is 83.9 cm³/mol. The van der Waals surface area contributed by atoms with Crippen molar-refractivity contribution < 1.29 is 14.3 Å². The number of rotatable bonds is 5. The number of nitrogens with zero attached hydrogens (tertiary/aromatic N) is 2. The highest BCUT2D eigenvalue weighted by atomic mass is 35.5. The second-order valence-electron chi connectivity index (χ2n) is 5.96. The molecular weight excluding hydrogens is 318 g/mol. The number of amides is 1. The van der Waals surface area contributed by atoms with E-state index in [1.165, 1.54) is 0 Å². The maximum Gasteiger partial charge on any atom is 0.342 e. The van der Waals surface area contributed by atoms with Crippen LogP contribution in [0.25, 0.3) is 0 Å². The summed E-state index contributed by atoms with van der Waals surface area (Å²) in [7, 11) is 0. The van der Waals surface area contributed by atoms with Gasteiger partial charge in [-0.3, -0.25) is 4.79 Å². The number of ether oxygens (including phenoxy) is 1. The van der Waals surface area contributed by atoms with Crippen molar-refractivity contribution in [2.75, 3.05) is 6.61 Å². The van der Waals surface area contributed by atoms with Crippen molar-refractivity contribution in [3.8, 4) is 6.07 Å². The Morgan fingerprint density at radius 3 is 2.70 bits per heavy atom. The molecule has 7 heteroatoms. The Hall–Kier alpha value is -2.13. The Bertz CT molecular complexity index is 671. The van der Waals surface area contributed by atoms with Crippen LogP contribution >= 0.6 is 11.6 Å². The zero-order valence-electron chi connectivity index (χ0n) is 13.3. The number of hydrogen-bond acceptors (Lipinski definition) is 5. The van der Waals surface area contributed by atoms with Gasteiger partial charge >= 0.3 is 5.97 Å². The molecular formula is C16H18ClN3O3. The van der Waals surface area contributed by atoms with Crippen molar-refractivity contribution in [2.45, 2.75) is 39.2 Å². The number of nitriles is 1.